The van der Waals surface area contributed by atoms with Gasteiger partial charge < -0.3 is 15.8 Å². The van der Waals surface area contributed by atoms with Crippen LogP contribution in [-0.2, 0) is 16.1 Å². The first-order valence-electron chi connectivity index (χ1n) is 7.59. The molecule has 2 aromatic rings. The lowest BCUT2D eigenvalue weighted by atomic mass is 10.1. The highest BCUT2D eigenvalue weighted by Gasteiger charge is 2.69. The predicted octanol–water partition coefficient (Wildman–Crippen LogP) is 3.13. The molecule has 0 aliphatic heterocycles. The Hall–Kier alpha value is -2.12. The number of hydrogen-bond acceptors (Lipinski definition) is 7. The molecule has 132 valence electrons. The number of nitrogens with two attached hydrogens (primary N) is 1. The SMILES string of the molecule is Cc1ccccc1Nc1nc(N)nc(COC(=O)[C@]2(C)CC2(Cl)Cl)n1. The number of nitrogen functional groups attached to an aromatic ring is 1. The molecule has 1 aromatic carbocycles. The van der Waals surface area contributed by atoms with Crippen molar-refractivity contribution in [2.75, 3.05) is 11.1 Å². The van der Waals surface area contributed by atoms with Crippen molar-refractivity contribution in [3.8, 4) is 0 Å². The second-order valence-electron chi connectivity index (χ2n) is 6.16. The van der Waals surface area contributed by atoms with E-state index in [9.17, 15) is 4.79 Å². The standard InChI is InChI=1S/C16H17Cl2N5O2/c1-9-5-3-4-6-10(9)20-14-22-11(21-13(19)23-14)7-25-12(24)15(2)8-16(15,17)18/h3-6H,7-8H2,1-2H3,(H3,19,20,21,22,23)/t15-/m0/s1. The van der Waals surface area contributed by atoms with Gasteiger partial charge in [0, 0.05) is 12.1 Å². The molecule has 1 aromatic heterocycles. The van der Waals surface area contributed by atoms with Crippen LogP contribution in [0.3, 0.4) is 0 Å². The molecule has 1 aliphatic carbocycles. The molecule has 1 fully saturated rings. The Bertz CT molecular complexity index is 830. The fourth-order valence-corrected chi connectivity index (χ4v) is 2.99. The van der Waals surface area contributed by atoms with E-state index in [-0.39, 0.29) is 24.3 Å². The molecule has 1 saturated carbocycles. The molecular weight excluding hydrogens is 365 g/mol. The maximum atomic E-state index is 12.1. The molecular formula is C16H17Cl2N5O2. The largest absolute Gasteiger partial charge is 0.457 e. The van der Waals surface area contributed by atoms with Crippen molar-refractivity contribution in [1.82, 2.24) is 15.0 Å². The zero-order valence-electron chi connectivity index (χ0n) is 13.7. The van der Waals surface area contributed by atoms with Crippen molar-refractivity contribution in [3.63, 3.8) is 0 Å². The number of aryl methyl sites for hydroxylation is 1. The number of ether oxygens (including phenoxy) is 1. The number of alkyl halides is 2. The number of halogens is 2. The molecule has 9 heteroatoms. The van der Waals surface area contributed by atoms with E-state index in [1.165, 1.54) is 0 Å². The van der Waals surface area contributed by atoms with Crippen LogP contribution in [0.4, 0.5) is 17.6 Å². The minimum absolute atomic E-state index is 0.0267. The van der Waals surface area contributed by atoms with Gasteiger partial charge in [-0.1, -0.05) is 18.2 Å². The summed E-state index contributed by atoms with van der Waals surface area (Å²) >= 11 is 11.9. The molecule has 0 amide bonds. The molecule has 0 bridgehead atoms. The summed E-state index contributed by atoms with van der Waals surface area (Å²) in [5.41, 5.74) is 6.68. The first-order chi connectivity index (χ1) is 11.7. The first kappa shape index (κ1) is 17.7. The van der Waals surface area contributed by atoms with Gasteiger partial charge in [0.2, 0.25) is 11.9 Å². The summed E-state index contributed by atoms with van der Waals surface area (Å²) in [6, 6.07) is 7.67. The average Bonchev–Trinajstić information content (AvgIpc) is 3.06. The van der Waals surface area contributed by atoms with Gasteiger partial charge in [0.25, 0.3) is 0 Å². The predicted molar refractivity (Wildman–Crippen MR) is 95.7 cm³/mol. The van der Waals surface area contributed by atoms with E-state index in [1.807, 2.05) is 31.2 Å². The van der Waals surface area contributed by atoms with E-state index in [0.717, 1.165) is 11.3 Å². The average molecular weight is 382 g/mol. The number of hydrogen-bond donors (Lipinski definition) is 2. The highest BCUT2D eigenvalue weighted by atomic mass is 35.5. The lowest BCUT2D eigenvalue weighted by Crippen LogP contribution is -2.21. The van der Waals surface area contributed by atoms with Gasteiger partial charge in [-0.15, -0.1) is 23.2 Å². The van der Waals surface area contributed by atoms with E-state index in [2.05, 4.69) is 20.3 Å². The van der Waals surface area contributed by atoms with Crippen molar-refractivity contribution < 1.29 is 9.53 Å². The molecule has 0 saturated heterocycles. The summed E-state index contributed by atoms with van der Waals surface area (Å²) in [5.74, 6) is 0.0362. The second kappa shape index (κ2) is 6.31. The van der Waals surface area contributed by atoms with Crippen molar-refractivity contribution >= 4 is 46.8 Å². The van der Waals surface area contributed by atoms with Gasteiger partial charge in [-0.3, -0.25) is 4.79 Å². The molecule has 3 N–H and O–H groups in total. The Labute approximate surface area is 154 Å². The molecule has 0 radical (unpaired) electrons. The van der Waals surface area contributed by atoms with Gasteiger partial charge in [0.05, 0.1) is 0 Å². The van der Waals surface area contributed by atoms with Gasteiger partial charge in [0.1, 0.15) is 9.75 Å². The number of anilines is 3. The van der Waals surface area contributed by atoms with Crippen molar-refractivity contribution in [2.45, 2.75) is 31.2 Å². The summed E-state index contributed by atoms with van der Waals surface area (Å²) in [4.78, 5) is 24.4. The van der Waals surface area contributed by atoms with Crippen LogP contribution >= 0.6 is 23.2 Å². The Balaban J connectivity index is 1.70. The number of nitrogens with zero attached hydrogens (tertiary/aromatic N) is 3. The van der Waals surface area contributed by atoms with E-state index in [1.54, 1.807) is 6.92 Å². The molecule has 7 nitrogen and oxygen atoms in total. The van der Waals surface area contributed by atoms with Crippen LogP contribution in [0.5, 0.6) is 0 Å². The fourth-order valence-electron chi connectivity index (χ4n) is 2.30. The number of benzene rings is 1. The van der Waals surface area contributed by atoms with Crippen LogP contribution in [0, 0.1) is 12.3 Å². The number of carbonyl (C=O) groups is 1. The lowest BCUT2D eigenvalue weighted by molar-refractivity contribution is -0.151. The van der Waals surface area contributed by atoms with E-state index in [4.69, 9.17) is 33.7 Å². The third-order valence-electron chi connectivity index (χ3n) is 4.13. The first-order valence-corrected chi connectivity index (χ1v) is 8.35. The van der Waals surface area contributed by atoms with Crippen LogP contribution in [0.15, 0.2) is 24.3 Å². The normalized spacial score (nSPS) is 20.8. The molecule has 1 atom stereocenters. The maximum Gasteiger partial charge on any atom is 0.315 e. The Morgan fingerprint density at radius 3 is 2.64 bits per heavy atom. The molecule has 25 heavy (non-hydrogen) atoms. The van der Waals surface area contributed by atoms with Gasteiger partial charge in [0.15, 0.2) is 12.4 Å². The monoisotopic (exact) mass is 381 g/mol. The van der Waals surface area contributed by atoms with Gasteiger partial charge in [-0.2, -0.15) is 15.0 Å². The van der Waals surface area contributed by atoms with Gasteiger partial charge in [-0.05, 0) is 25.5 Å². The Morgan fingerprint density at radius 2 is 2.00 bits per heavy atom. The van der Waals surface area contributed by atoms with E-state index >= 15 is 0 Å². The third-order valence-corrected chi connectivity index (χ3v) is 5.23. The third kappa shape index (κ3) is 3.62. The maximum absolute atomic E-state index is 12.1. The summed E-state index contributed by atoms with van der Waals surface area (Å²) in [6.45, 7) is 3.46. The van der Waals surface area contributed by atoms with Crippen LogP contribution in [-0.4, -0.2) is 25.3 Å². The number of carbonyl (C=O) groups excluding carboxylic acids is 1. The minimum Gasteiger partial charge on any atom is -0.457 e. The Kier molecular flexibility index (Phi) is 4.47. The van der Waals surface area contributed by atoms with Gasteiger partial charge >= 0.3 is 5.97 Å². The van der Waals surface area contributed by atoms with Crippen LogP contribution < -0.4 is 11.1 Å². The Morgan fingerprint density at radius 1 is 1.32 bits per heavy atom. The fraction of sp³-hybridized carbons (Fsp3) is 0.375. The van der Waals surface area contributed by atoms with Crippen molar-refractivity contribution in [1.29, 1.82) is 0 Å². The number of esters is 1. The lowest BCUT2D eigenvalue weighted by Gasteiger charge is -2.12. The summed E-state index contributed by atoms with van der Waals surface area (Å²) in [6.07, 6.45) is 0.349. The smallest absolute Gasteiger partial charge is 0.315 e. The number of aromatic nitrogens is 3. The van der Waals surface area contributed by atoms with Gasteiger partial charge in [-0.25, -0.2) is 0 Å². The highest BCUT2D eigenvalue weighted by molar-refractivity contribution is 6.53. The van der Waals surface area contributed by atoms with Crippen LogP contribution in [0.1, 0.15) is 24.7 Å². The summed E-state index contributed by atoms with van der Waals surface area (Å²) in [7, 11) is 0. The van der Waals surface area contributed by atoms with Crippen molar-refractivity contribution in [3.05, 3.63) is 35.7 Å². The van der Waals surface area contributed by atoms with E-state index < -0.39 is 15.7 Å². The quantitative estimate of drug-likeness (QED) is 0.605. The molecule has 1 aliphatic rings. The molecule has 0 spiro atoms. The molecule has 1 heterocycles. The summed E-state index contributed by atoms with van der Waals surface area (Å²) < 4.78 is 4.15. The zero-order chi connectivity index (χ0) is 18.2. The van der Waals surface area contributed by atoms with Crippen LogP contribution in [0.2, 0.25) is 0 Å². The van der Waals surface area contributed by atoms with Crippen LogP contribution in [0.25, 0.3) is 0 Å². The van der Waals surface area contributed by atoms with Crippen molar-refractivity contribution in [2.24, 2.45) is 5.41 Å². The number of nitrogens with one attached hydrogen (secondary N) is 1. The minimum atomic E-state index is -1.08. The molecule has 3 rings (SSSR count). The summed E-state index contributed by atoms with van der Waals surface area (Å²) in [5, 5.41) is 3.07. The topological polar surface area (TPSA) is 103 Å². The second-order valence-corrected chi connectivity index (χ2v) is 7.65. The number of para-hydroxylation sites is 1. The zero-order valence-corrected chi connectivity index (χ0v) is 15.2. The molecule has 0 unspecified atom stereocenters. The highest BCUT2D eigenvalue weighted by Crippen LogP contribution is 2.64. The number of rotatable bonds is 5. The van der Waals surface area contributed by atoms with E-state index in [0.29, 0.717) is 6.42 Å².